The fraction of sp³-hybridized carbons (Fsp3) is 0.857. The van der Waals surface area contributed by atoms with E-state index in [1.807, 2.05) is 6.92 Å². The number of carbonyl (C=O) groups excluding carboxylic acids is 1. The molecule has 3 heteroatoms. The Hall–Kier alpha value is -0.570. The van der Waals surface area contributed by atoms with Gasteiger partial charge in [-0.2, -0.15) is 0 Å². The summed E-state index contributed by atoms with van der Waals surface area (Å²) in [5.41, 5.74) is 0. The van der Waals surface area contributed by atoms with Crippen molar-refractivity contribution >= 4 is 5.91 Å². The Kier molecular flexibility index (Phi) is 2.27. The molecule has 1 saturated heterocycles. The quantitative estimate of drug-likeness (QED) is 0.573. The molecule has 0 aromatic heterocycles. The molecule has 0 aromatic carbocycles. The van der Waals surface area contributed by atoms with Crippen molar-refractivity contribution in [2.75, 3.05) is 0 Å². The minimum atomic E-state index is -0.355. The molecule has 10 heavy (non-hydrogen) atoms. The summed E-state index contributed by atoms with van der Waals surface area (Å²) in [6, 6.07) is 0.0116. The third kappa shape index (κ3) is 1.48. The molecule has 0 spiro atoms. The predicted octanol–water partition coefficient (Wildman–Crippen LogP) is 0.0359. The SMILES string of the molecule is CCC(O)C1CCC(=O)N1. The Labute approximate surface area is 60.4 Å². The molecule has 2 N–H and O–H groups in total. The second kappa shape index (κ2) is 3.01. The number of rotatable bonds is 2. The maximum Gasteiger partial charge on any atom is 0.220 e. The van der Waals surface area contributed by atoms with E-state index in [1.165, 1.54) is 0 Å². The Morgan fingerprint density at radius 2 is 2.60 bits per heavy atom. The van der Waals surface area contributed by atoms with Gasteiger partial charge in [0.05, 0.1) is 12.1 Å². The number of aliphatic hydroxyl groups excluding tert-OH is 1. The van der Waals surface area contributed by atoms with Crippen LogP contribution in [0.4, 0.5) is 0 Å². The Balaban J connectivity index is 2.36. The van der Waals surface area contributed by atoms with Gasteiger partial charge in [0.25, 0.3) is 0 Å². The number of hydrogen-bond acceptors (Lipinski definition) is 2. The summed E-state index contributed by atoms with van der Waals surface area (Å²) >= 11 is 0. The van der Waals surface area contributed by atoms with E-state index in [0.29, 0.717) is 12.8 Å². The van der Waals surface area contributed by atoms with Crippen molar-refractivity contribution in [2.45, 2.75) is 38.3 Å². The van der Waals surface area contributed by atoms with Crippen LogP contribution in [0.3, 0.4) is 0 Å². The fourth-order valence-corrected chi connectivity index (χ4v) is 1.21. The monoisotopic (exact) mass is 143 g/mol. The predicted molar refractivity (Wildman–Crippen MR) is 37.5 cm³/mol. The Morgan fingerprint density at radius 3 is 3.00 bits per heavy atom. The van der Waals surface area contributed by atoms with E-state index in [0.717, 1.165) is 6.42 Å². The van der Waals surface area contributed by atoms with Crippen LogP contribution in [0.1, 0.15) is 26.2 Å². The third-order valence-corrected chi connectivity index (χ3v) is 1.91. The van der Waals surface area contributed by atoms with Gasteiger partial charge in [0.2, 0.25) is 5.91 Å². The van der Waals surface area contributed by atoms with Crippen LogP contribution in [0.5, 0.6) is 0 Å². The summed E-state index contributed by atoms with van der Waals surface area (Å²) in [5, 5.41) is 12.0. The third-order valence-electron chi connectivity index (χ3n) is 1.91. The minimum Gasteiger partial charge on any atom is -0.391 e. The standard InChI is InChI=1S/C7H13NO2/c1-2-6(9)5-3-4-7(10)8-5/h5-6,9H,2-4H2,1H3,(H,8,10). The average molecular weight is 143 g/mol. The van der Waals surface area contributed by atoms with Crippen LogP contribution < -0.4 is 5.32 Å². The summed E-state index contributed by atoms with van der Waals surface area (Å²) in [6.45, 7) is 1.91. The van der Waals surface area contributed by atoms with Crippen LogP contribution in [0.25, 0.3) is 0 Å². The second-order valence-electron chi connectivity index (χ2n) is 2.69. The van der Waals surface area contributed by atoms with Crippen molar-refractivity contribution in [3.63, 3.8) is 0 Å². The van der Waals surface area contributed by atoms with Gasteiger partial charge in [-0.05, 0) is 12.8 Å². The van der Waals surface area contributed by atoms with Crippen molar-refractivity contribution in [2.24, 2.45) is 0 Å². The maximum absolute atomic E-state index is 10.7. The zero-order chi connectivity index (χ0) is 7.56. The van der Waals surface area contributed by atoms with Crippen LogP contribution in [0.15, 0.2) is 0 Å². The molecular formula is C7H13NO2. The molecule has 1 aliphatic rings. The lowest BCUT2D eigenvalue weighted by molar-refractivity contribution is -0.119. The molecule has 0 aromatic rings. The van der Waals surface area contributed by atoms with E-state index in [2.05, 4.69) is 5.32 Å². The number of carbonyl (C=O) groups is 1. The van der Waals surface area contributed by atoms with Crippen LogP contribution in [0, 0.1) is 0 Å². The molecule has 1 aliphatic heterocycles. The van der Waals surface area contributed by atoms with Gasteiger partial charge in [0.15, 0.2) is 0 Å². The van der Waals surface area contributed by atoms with Crippen molar-refractivity contribution in [1.29, 1.82) is 0 Å². The van der Waals surface area contributed by atoms with E-state index in [4.69, 9.17) is 0 Å². The molecule has 1 heterocycles. The number of aliphatic hydroxyl groups is 1. The summed E-state index contributed by atoms with van der Waals surface area (Å²) < 4.78 is 0. The number of nitrogens with one attached hydrogen (secondary N) is 1. The first kappa shape index (κ1) is 7.54. The first-order chi connectivity index (χ1) is 4.74. The normalized spacial score (nSPS) is 28.2. The van der Waals surface area contributed by atoms with Gasteiger partial charge >= 0.3 is 0 Å². The second-order valence-corrected chi connectivity index (χ2v) is 2.69. The maximum atomic E-state index is 10.7. The molecular weight excluding hydrogens is 130 g/mol. The summed E-state index contributed by atoms with van der Waals surface area (Å²) in [6.07, 6.45) is 1.71. The fourth-order valence-electron chi connectivity index (χ4n) is 1.21. The lowest BCUT2D eigenvalue weighted by atomic mass is 10.1. The van der Waals surface area contributed by atoms with Gasteiger partial charge in [-0.3, -0.25) is 4.79 Å². The highest BCUT2D eigenvalue weighted by atomic mass is 16.3. The highest BCUT2D eigenvalue weighted by molar-refractivity contribution is 5.78. The topological polar surface area (TPSA) is 49.3 Å². The zero-order valence-corrected chi connectivity index (χ0v) is 6.13. The summed E-state index contributed by atoms with van der Waals surface area (Å²) in [7, 11) is 0. The van der Waals surface area contributed by atoms with Crippen molar-refractivity contribution in [3.8, 4) is 0 Å². The molecule has 3 nitrogen and oxygen atoms in total. The van der Waals surface area contributed by atoms with Crippen LogP contribution in [-0.2, 0) is 4.79 Å². The molecule has 0 aliphatic carbocycles. The van der Waals surface area contributed by atoms with Gasteiger partial charge in [0, 0.05) is 6.42 Å². The van der Waals surface area contributed by atoms with Crippen molar-refractivity contribution < 1.29 is 9.90 Å². The van der Waals surface area contributed by atoms with Crippen LogP contribution in [-0.4, -0.2) is 23.2 Å². The van der Waals surface area contributed by atoms with Gasteiger partial charge in [-0.25, -0.2) is 0 Å². The van der Waals surface area contributed by atoms with Gasteiger partial charge in [0.1, 0.15) is 0 Å². The van der Waals surface area contributed by atoms with E-state index in [1.54, 1.807) is 0 Å². The molecule has 0 saturated carbocycles. The highest BCUT2D eigenvalue weighted by Gasteiger charge is 2.25. The Morgan fingerprint density at radius 1 is 1.90 bits per heavy atom. The van der Waals surface area contributed by atoms with Crippen molar-refractivity contribution in [1.82, 2.24) is 5.32 Å². The molecule has 0 radical (unpaired) electrons. The minimum absolute atomic E-state index is 0.0116. The first-order valence-corrected chi connectivity index (χ1v) is 3.71. The first-order valence-electron chi connectivity index (χ1n) is 3.71. The van der Waals surface area contributed by atoms with Crippen LogP contribution >= 0.6 is 0 Å². The molecule has 2 unspecified atom stereocenters. The molecule has 1 fully saturated rings. The number of hydrogen-bond donors (Lipinski definition) is 2. The van der Waals surface area contributed by atoms with E-state index >= 15 is 0 Å². The lowest BCUT2D eigenvalue weighted by Crippen LogP contribution is -2.35. The molecule has 58 valence electrons. The van der Waals surface area contributed by atoms with E-state index < -0.39 is 0 Å². The zero-order valence-electron chi connectivity index (χ0n) is 6.13. The van der Waals surface area contributed by atoms with E-state index in [-0.39, 0.29) is 18.1 Å². The molecule has 2 atom stereocenters. The summed E-state index contributed by atoms with van der Waals surface area (Å²) in [5.74, 6) is 0.0671. The molecule has 1 amide bonds. The van der Waals surface area contributed by atoms with Gasteiger partial charge in [-0.1, -0.05) is 6.92 Å². The highest BCUT2D eigenvalue weighted by Crippen LogP contribution is 2.11. The largest absolute Gasteiger partial charge is 0.391 e. The molecule has 1 rings (SSSR count). The van der Waals surface area contributed by atoms with Crippen LogP contribution in [0.2, 0.25) is 0 Å². The van der Waals surface area contributed by atoms with Crippen molar-refractivity contribution in [3.05, 3.63) is 0 Å². The average Bonchev–Trinajstić information content (AvgIpc) is 2.34. The lowest BCUT2D eigenvalue weighted by Gasteiger charge is -2.15. The van der Waals surface area contributed by atoms with Gasteiger partial charge in [-0.15, -0.1) is 0 Å². The van der Waals surface area contributed by atoms with E-state index in [9.17, 15) is 9.90 Å². The number of amides is 1. The smallest absolute Gasteiger partial charge is 0.220 e. The summed E-state index contributed by atoms with van der Waals surface area (Å²) in [4.78, 5) is 10.7. The Bertz CT molecular complexity index is 136. The van der Waals surface area contributed by atoms with Gasteiger partial charge < -0.3 is 10.4 Å². The molecule has 0 bridgehead atoms.